The molecule has 322 valence electrons. The Morgan fingerprint density at radius 1 is 1.03 bits per heavy atom. The number of methoxy groups -OCH3 is 1. The predicted molar refractivity (Wildman–Crippen MR) is 225 cm³/mol. The fraction of sp³-hybridized carbons (Fsp3) is 0.581. The maximum Gasteiger partial charge on any atom is 0.408 e. The van der Waals surface area contributed by atoms with Gasteiger partial charge in [0.15, 0.2) is 0 Å². The maximum absolute atomic E-state index is 14.7. The van der Waals surface area contributed by atoms with E-state index in [1.807, 2.05) is 37.3 Å². The van der Waals surface area contributed by atoms with E-state index in [4.69, 9.17) is 24.2 Å². The van der Waals surface area contributed by atoms with Gasteiger partial charge in [0.25, 0.3) is 5.91 Å². The molecule has 2 aliphatic heterocycles. The quantitative estimate of drug-likeness (QED) is 0.220. The highest BCUT2D eigenvalue weighted by Crippen LogP contribution is 2.47. The Balaban J connectivity index is 1.14. The first kappa shape index (κ1) is 41.9. The molecule has 3 aromatic rings. The van der Waals surface area contributed by atoms with Gasteiger partial charge in [-0.25, -0.2) is 23.2 Å². The highest BCUT2D eigenvalue weighted by molar-refractivity contribution is 7.91. The second kappa shape index (κ2) is 16.3. The number of aromatic nitrogens is 2. The number of fused-ring (bicyclic) bond motifs is 3. The minimum Gasteiger partial charge on any atom is -0.496 e. The molecule has 3 aliphatic carbocycles. The van der Waals surface area contributed by atoms with Crippen LogP contribution in [0.3, 0.4) is 0 Å². The second-order valence-electron chi connectivity index (χ2n) is 17.8. The largest absolute Gasteiger partial charge is 0.496 e. The van der Waals surface area contributed by atoms with Crippen LogP contribution in [0.5, 0.6) is 11.5 Å². The molecule has 1 saturated heterocycles. The number of sulfonamides is 1. The molecular formula is C43H54N6O9S2. The number of nitrogens with one attached hydrogen (secondary N) is 3. The van der Waals surface area contributed by atoms with E-state index in [9.17, 15) is 27.6 Å². The van der Waals surface area contributed by atoms with Crippen molar-refractivity contribution >= 4 is 56.1 Å². The number of nitrogens with zero attached hydrogens (tertiary/aromatic N) is 3. The number of benzene rings is 1. The Kier molecular flexibility index (Phi) is 11.4. The Morgan fingerprint density at radius 3 is 2.53 bits per heavy atom. The van der Waals surface area contributed by atoms with Crippen molar-refractivity contribution in [2.45, 2.75) is 139 Å². The number of pyridine rings is 1. The van der Waals surface area contributed by atoms with Gasteiger partial charge in [0, 0.05) is 40.7 Å². The summed E-state index contributed by atoms with van der Waals surface area (Å²) >= 11 is 1.52. The topological polar surface area (TPSA) is 195 Å². The van der Waals surface area contributed by atoms with Gasteiger partial charge in [0.1, 0.15) is 51.5 Å². The lowest BCUT2D eigenvalue weighted by atomic mass is 10.0. The van der Waals surface area contributed by atoms with Crippen LogP contribution in [0.25, 0.3) is 21.6 Å². The van der Waals surface area contributed by atoms with E-state index >= 15 is 0 Å². The van der Waals surface area contributed by atoms with Gasteiger partial charge in [0.2, 0.25) is 21.8 Å². The average molecular weight is 863 g/mol. The number of amides is 4. The molecule has 4 amide bonds. The lowest BCUT2D eigenvalue weighted by molar-refractivity contribution is -0.141. The van der Waals surface area contributed by atoms with Crippen LogP contribution in [-0.2, 0) is 29.1 Å². The molecule has 0 spiro atoms. The first-order chi connectivity index (χ1) is 28.5. The summed E-state index contributed by atoms with van der Waals surface area (Å²) in [4.78, 5) is 67.7. The van der Waals surface area contributed by atoms with Gasteiger partial charge in [-0.05, 0) is 91.2 Å². The zero-order valence-corrected chi connectivity index (χ0v) is 36.4. The van der Waals surface area contributed by atoms with E-state index in [1.165, 1.54) is 16.2 Å². The Hall–Kier alpha value is -4.77. The number of hydrogen-bond donors (Lipinski definition) is 3. The molecule has 3 saturated carbocycles. The Morgan fingerprint density at radius 2 is 1.82 bits per heavy atom. The zero-order valence-electron chi connectivity index (χ0n) is 34.7. The van der Waals surface area contributed by atoms with Crippen molar-refractivity contribution in [3.63, 3.8) is 0 Å². The van der Waals surface area contributed by atoms with Crippen molar-refractivity contribution in [3.8, 4) is 22.2 Å². The van der Waals surface area contributed by atoms with Gasteiger partial charge in [0.05, 0.1) is 30.1 Å². The number of allylic oxidation sites excluding steroid dienone is 1. The Bertz CT molecular complexity index is 2330. The summed E-state index contributed by atoms with van der Waals surface area (Å²) in [6.45, 7) is 7.12. The third-order valence-corrected chi connectivity index (χ3v) is 14.6. The van der Waals surface area contributed by atoms with Gasteiger partial charge < -0.3 is 29.7 Å². The molecule has 8 rings (SSSR count). The second-order valence-corrected chi connectivity index (χ2v) is 20.7. The van der Waals surface area contributed by atoms with Gasteiger partial charge in [-0.3, -0.25) is 19.1 Å². The molecule has 2 aromatic heterocycles. The van der Waals surface area contributed by atoms with Gasteiger partial charge in [-0.2, -0.15) is 0 Å². The summed E-state index contributed by atoms with van der Waals surface area (Å²) in [6.07, 6.45) is 8.95. The summed E-state index contributed by atoms with van der Waals surface area (Å²) in [6, 6.07) is 3.42. The number of rotatable bonds is 9. The molecule has 5 aliphatic rings. The van der Waals surface area contributed by atoms with Crippen molar-refractivity contribution in [2.75, 3.05) is 13.7 Å². The zero-order chi connectivity index (χ0) is 42.6. The van der Waals surface area contributed by atoms with Crippen LogP contribution in [0, 0.1) is 12.8 Å². The SMILES string of the molecule is COc1ccc2c(O[C@@H]3C[C@H]4C(=O)N[C@]5(C(=O)NS(=O)(=O)C6CC6)C[C@@H]5/C=C\CCCCC[C@H](NC(=O)OC(C)(C)C)C(=O)N4C3)cc(-c3nc(C4CC4)cs3)nc2c1C. The molecule has 4 heterocycles. The summed E-state index contributed by atoms with van der Waals surface area (Å²) in [7, 11) is -2.31. The van der Waals surface area contributed by atoms with Crippen LogP contribution >= 0.6 is 11.3 Å². The van der Waals surface area contributed by atoms with Crippen LogP contribution in [-0.4, -0.2) is 95.3 Å². The summed E-state index contributed by atoms with van der Waals surface area (Å²) in [5.74, 6) is -0.725. The van der Waals surface area contributed by atoms with Crippen LogP contribution in [0.15, 0.2) is 35.7 Å². The standard InChI is InChI=1S/C43H54N6O9S2/c1-24-34(56-5)18-17-29-35(20-31(44-36(24)29)38-45-32(23-59-38)25-13-14-25)57-27-19-33-37(50)47-43(40(52)48-60(54,55)28-15-16-28)21-26(43)11-9-7-6-8-10-12-30(39(51)49(33)22-27)46-41(53)58-42(2,3)4/h9,11,17-18,20,23,25-28,30,33H,6-8,10,12-16,19,21-22H2,1-5H3,(H,46,53)(H,47,50)(H,48,52)/b11-9-/t26-,27+,30-,33-,43+/m0/s1. The van der Waals surface area contributed by atoms with Crippen LogP contribution in [0.1, 0.15) is 109 Å². The summed E-state index contributed by atoms with van der Waals surface area (Å²) < 4.78 is 46.2. The van der Waals surface area contributed by atoms with Crippen molar-refractivity contribution < 1.29 is 41.8 Å². The van der Waals surface area contributed by atoms with Crippen molar-refractivity contribution in [1.82, 2.24) is 30.2 Å². The molecular weight excluding hydrogens is 809 g/mol. The molecule has 3 N–H and O–H groups in total. The molecule has 15 nitrogen and oxygen atoms in total. The lowest BCUT2D eigenvalue weighted by Crippen LogP contribution is -2.58. The van der Waals surface area contributed by atoms with Crippen LogP contribution in [0.2, 0.25) is 0 Å². The molecule has 1 aromatic carbocycles. The molecule has 17 heteroatoms. The van der Waals surface area contributed by atoms with E-state index < -0.39 is 74.3 Å². The van der Waals surface area contributed by atoms with E-state index in [-0.39, 0.29) is 19.4 Å². The summed E-state index contributed by atoms with van der Waals surface area (Å²) in [5, 5.41) is 8.59. The number of hydrogen-bond acceptors (Lipinski definition) is 12. The highest BCUT2D eigenvalue weighted by Gasteiger charge is 2.62. The smallest absolute Gasteiger partial charge is 0.408 e. The Labute approximate surface area is 354 Å². The summed E-state index contributed by atoms with van der Waals surface area (Å²) in [5.41, 5.74) is 0.809. The first-order valence-electron chi connectivity index (χ1n) is 21.0. The average Bonchev–Trinajstić information content (AvgIpc) is 4.14. The van der Waals surface area contributed by atoms with E-state index in [2.05, 4.69) is 20.7 Å². The van der Waals surface area contributed by atoms with Gasteiger partial charge in [-0.1, -0.05) is 25.0 Å². The number of carbonyl (C=O) groups excluding carboxylic acids is 4. The first-order valence-corrected chi connectivity index (χ1v) is 23.4. The number of ether oxygens (including phenoxy) is 3. The normalized spacial score (nSPS) is 26.8. The van der Waals surface area contributed by atoms with Crippen molar-refractivity contribution in [1.29, 1.82) is 0 Å². The maximum atomic E-state index is 14.7. The fourth-order valence-electron chi connectivity index (χ4n) is 8.25. The highest BCUT2D eigenvalue weighted by atomic mass is 32.2. The van der Waals surface area contributed by atoms with Crippen molar-refractivity contribution in [3.05, 3.63) is 47.0 Å². The number of aryl methyl sites for hydroxylation is 1. The molecule has 5 atom stereocenters. The van der Waals surface area contributed by atoms with Crippen LogP contribution in [0.4, 0.5) is 4.79 Å². The predicted octanol–water partition coefficient (Wildman–Crippen LogP) is 5.80. The number of alkyl carbamates (subject to hydrolysis) is 1. The van der Waals surface area contributed by atoms with E-state index in [0.717, 1.165) is 41.9 Å². The minimum atomic E-state index is -3.91. The molecule has 0 radical (unpaired) electrons. The molecule has 4 fully saturated rings. The van der Waals surface area contributed by atoms with Crippen LogP contribution < -0.4 is 24.8 Å². The number of carbonyl (C=O) groups is 4. The molecule has 0 bridgehead atoms. The minimum absolute atomic E-state index is 0.0145. The monoisotopic (exact) mass is 862 g/mol. The molecule has 0 unspecified atom stereocenters. The fourth-order valence-corrected chi connectivity index (χ4v) is 10.5. The van der Waals surface area contributed by atoms with E-state index in [1.54, 1.807) is 27.9 Å². The third kappa shape index (κ3) is 8.97. The van der Waals surface area contributed by atoms with Crippen molar-refractivity contribution in [2.24, 2.45) is 5.92 Å². The van der Waals surface area contributed by atoms with E-state index in [0.29, 0.717) is 66.1 Å². The lowest BCUT2D eigenvalue weighted by Gasteiger charge is -2.30. The third-order valence-electron chi connectivity index (χ3n) is 11.9. The number of thiazole rings is 1. The van der Waals surface area contributed by atoms with Gasteiger partial charge >= 0.3 is 6.09 Å². The molecule has 60 heavy (non-hydrogen) atoms. The van der Waals surface area contributed by atoms with Gasteiger partial charge in [-0.15, -0.1) is 11.3 Å².